The molecule has 0 saturated carbocycles. The molecular formula is C16H17F3O. The first-order valence-electron chi connectivity index (χ1n) is 6.70. The lowest BCUT2D eigenvalue weighted by Crippen LogP contribution is -2.12. The summed E-state index contributed by atoms with van der Waals surface area (Å²) in [6, 6.07) is 3.31. The fraction of sp³-hybridized carbons (Fsp3) is 0.438. The molecule has 0 saturated heterocycles. The Labute approximate surface area is 116 Å². The summed E-state index contributed by atoms with van der Waals surface area (Å²) in [6.45, 7) is 3.68. The number of Topliss-reactive ketones (excluding diaryl/α,β-unsaturated/α-hetero) is 1. The minimum absolute atomic E-state index is 0.136. The van der Waals surface area contributed by atoms with Crippen molar-refractivity contribution in [3.05, 3.63) is 46.5 Å². The van der Waals surface area contributed by atoms with E-state index in [2.05, 4.69) is 6.92 Å². The van der Waals surface area contributed by atoms with Crippen molar-refractivity contribution < 1.29 is 18.0 Å². The Balaban J connectivity index is 2.28. The number of hydrogen-bond acceptors (Lipinski definition) is 1. The van der Waals surface area contributed by atoms with Crippen molar-refractivity contribution in [1.29, 1.82) is 0 Å². The summed E-state index contributed by atoms with van der Waals surface area (Å²) in [5, 5.41) is 0. The average molecular weight is 282 g/mol. The Morgan fingerprint density at radius 2 is 2.00 bits per heavy atom. The minimum Gasteiger partial charge on any atom is -0.289 e. The molecule has 1 aromatic rings. The van der Waals surface area contributed by atoms with E-state index in [1.807, 2.05) is 6.08 Å². The highest BCUT2D eigenvalue weighted by Crippen LogP contribution is 2.32. The number of aryl methyl sites for hydroxylation is 1. The second-order valence-corrected chi connectivity index (χ2v) is 5.47. The van der Waals surface area contributed by atoms with Crippen LogP contribution in [0, 0.1) is 12.8 Å². The molecule has 0 amide bonds. The van der Waals surface area contributed by atoms with E-state index < -0.39 is 11.7 Å². The number of allylic oxidation sites excluding steroid dienone is 2. The molecule has 108 valence electrons. The van der Waals surface area contributed by atoms with Gasteiger partial charge in [-0.1, -0.05) is 19.1 Å². The van der Waals surface area contributed by atoms with Crippen LogP contribution >= 0.6 is 0 Å². The predicted molar refractivity (Wildman–Crippen MR) is 71.6 cm³/mol. The number of carbonyl (C=O) groups excluding carboxylic acids is 1. The molecule has 0 N–H and O–H groups in total. The van der Waals surface area contributed by atoms with Gasteiger partial charge >= 0.3 is 6.18 Å². The molecule has 0 heterocycles. The van der Waals surface area contributed by atoms with Crippen LogP contribution in [-0.4, -0.2) is 5.78 Å². The van der Waals surface area contributed by atoms with Crippen LogP contribution in [0.25, 0.3) is 0 Å². The van der Waals surface area contributed by atoms with E-state index in [0.29, 0.717) is 23.5 Å². The second-order valence-electron chi connectivity index (χ2n) is 5.47. The smallest absolute Gasteiger partial charge is 0.289 e. The highest BCUT2D eigenvalue weighted by atomic mass is 19.4. The van der Waals surface area contributed by atoms with Crippen LogP contribution in [0.3, 0.4) is 0 Å². The van der Waals surface area contributed by atoms with Crippen molar-refractivity contribution in [3.63, 3.8) is 0 Å². The van der Waals surface area contributed by atoms with Crippen LogP contribution in [0.15, 0.2) is 29.8 Å². The molecule has 0 aromatic heterocycles. The molecule has 0 spiro atoms. The molecule has 1 aliphatic rings. The van der Waals surface area contributed by atoms with Gasteiger partial charge in [-0.2, -0.15) is 13.2 Å². The topological polar surface area (TPSA) is 17.1 Å². The number of hydrogen-bond donors (Lipinski definition) is 0. The van der Waals surface area contributed by atoms with Crippen LogP contribution in [-0.2, 0) is 6.18 Å². The first-order valence-corrected chi connectivity index (χ1v) is 6.70. The Morgan fingerprint density at radius 3 is 2.50 bits per heavy atom. The van der Waals surface area contributed by atoms with Crippen LogP contribution in [0.1, 0.15) is 47.7 Å². The summed E-state index contributed by atoms with van der Waals surface area (Å²) in [7, 11) is 0. The Hall–Kier alpha value is -1.58. The van der Waals surface area contributed by atoms with Gasteiger partial charge in [-0.25, -0.2) is 0 Å². The lowest BCUT2D eigenvalue weighted by molar-refractivity contribution is -0.137. The van der Waals surface area contributed by atoms with Gasteiger partial charge < -0.3 is 0 Å². The van der Waals surface area contributed by atoms with Gasteiger partial charge in [0, 0.05) is 5.56 Å². The average Bonchev–Trinajstić information content (AvgIpc) is 2.37. The summed E-state index contributed by atoms with van der Waals surface area (Å²) >= 11 is 0. The van der Waals surface area contributed by atoms with Gasteiger partial charge in [-0.05, 0) is 55.4 Å². The maximum atomic E-state index is 12.6. The molecule has 0 aliphatic heterocycles. The van der Waals surface area contributed by atoms with Crippen LogP contribution in [0.4, 0.5) is 13.2 Å². The van der Waals surface area contributed by atoms with Gasteiger partial charge in [0.1, 0.15) is 0 Å². The van der Waals surface area contributed by atoms with Crippen LogP contribution < -0.4 is 0 Å². The highest BCUT2D eigenvalue weighted by Gasteiger charge is 2.31. The normalized spacial score (nSPS) is 19.6. The van der Waals surface area contributed by atoms with Gasteiger partial charge in [0.2, 0.25) is 0 Å². The number of alkyl halides is 3. The van der Waals surface area contributed by atoms with Gasteiger partial charge in [0.15, 0.2) is 5.78 Å². The standard InChI is InChI=1S/C16H17F3O/c1-10-3-5-12(6-4-10)15(20)14-8-7-13(9-11(14)2)16(17,18)19/h5,7-10H,3-4,6H2,1-2H3. The van der Waals surface area contributed by atoms with Crippen molar-refractivity contribution in [2.75, 3.05) is 0 Å². The van der Waals surface area contributed by atoms with Gasteiger partial charge in [0.25, 0.3) is 0 Å². The molecule has 1 aromatic carbocycles. The Morgan fingerprint density at radius 1 is 1.30 bits per heavy atom. The monoisotopic (exact) mass is 282 g/mol. The Bertz CT molecular complexity index is 555. The molecule has 0 bridgehead atoms. The zero-order chi connectivity index (χ0) is 14.9. The first kappa shape index (κ1) is 14.8. The lowest BCUT2D eigenvalue weighted by Gasteiger charge is -2.18. The SMILES string of the molecule is Cc1cc(C(F)(F)F)ccc1C(=O)C1=CCC(C)CC1. The van der Waals surface area contributed by atoms with Crippen molar-refractivity contribution in [1.82, 2.24) is 0 Å². The molecule has 4 heteroatoms. The quantitative estimate of drug-likeness (QED) is 0.702. The predicted octanol–water partition coefficient (Wildman–Crippen LogP) is 4.94. The van der Waals surface area contributed by atoms with Gasteiger partial charge in [-0.3, -0.25) is 4.79 Å². The van der Waals surface area contributed by atoms with Crippen molar-refractivity contribution in [2.24, 2.45) is 5.92 Å². The Kier molecular flexibility index (Phi) is 4.02. The molecule has 1 atom stereocenters. The largest absolute Gasteiger partial charge is 0.416 e. The number of halogens is 3. The van der Waals surface area contributed by atoms with E-state index in [1.165, 1.54) is 6.07 Å². The third kappa shape index (κ3) is 3.11. The molecule has 20 heavy (non-hydrogen) atoms. The molecular weight excluding hydrogens is 265 g/mol. The van der Waals surface area contributed by atoms with E-state index in [9.17, 15) is 18.0 Å². The third-order valence-corrected chi connectivity index (χ3v) is 3.76. The summed E-state index contributed by atoms with van der Waals surface area (Å²) in [6.07, 6.45) is 0.0813. The maximum Gasteiger partial charge on any atom is 0.416 e. The fourth-order valence-corrected chi connectivity index (χ4v) is 2.44. The third-order valence-electron chi connectivity index (χ3n) is 3.76. The van der Waals surface area contributed by atoms with Crippen LogP contribution in [0.2, 0.25) is 0 Å². The number of benzene rings is 1. The van der Waals surface area contributed by atoms with E-state index >= 15 is 0 Å². The lowest BCUT2D eigenvalue weighted by atomic mass is 9.86. The molecule has 1 unspecified atom stereocenters. The molecule has 2 rings (SSSR count). The van der Waals surface area contributed by atoms with E-state index in [-0.39, 0.29) is 5.78 Å². The first-order chi connectivity index (χ1) is 9.29. The molecule has 1 aliphatic carbocycles. The van der Waals surface area contributed by atoms with Crippen molar-refractivity contribution >= 4 is 5.78 Å². The van der Waals surface area contributed by atoms with Gasteiger partial charge in [-0.15, -0.1) is 0 Å². The maximum absolute atomic E-state index is 12.6. The summed E-state index contributed by atoms with van der Waals surface area (Å²) in [5.74, 6) is 0.434. The zero-order valence-electron chi connectivity index (χ0n) is 11.6. The van der Waals surface area contributed by atoms with Crippen LogP contribution in [0.5, 0.6) is 0 Å². The number of ketones is 1. The molecule has 1 nitrogen and oxygen atoms in total. The summed E-state index contributed by atoms with van der Waals surface area (Å²) in [4.78, 5) is 12.3. The second kappa shape index (κ2) is 5.43. The zero-order valence-corrected chi connectivity index (χ0v) is 11.6. The number of carbonyl (C=O) groups is 1. The summed E-state index contributed by atoms with van der Waals surface area (Å²) < 4.78 is 37.8. The fourth-order valence-electron chi connectivity index (χ4n) is 2.44. The van der Waals surface area contributed by atoms with Gasteiger partial charge in [0.05, 0.1) is 5.56 Å². The molecule has 0 radical (unpaired) electrons. The van der Waals surface area contributed by atoms with E-state index in [1.54, 1.807) is 6.92 Å². The van der Waals surface area contributed by atoms with Crippen molar-refractivity contribution in [3.8, 4) is 0 Å². The minimum atomic E-state index is -4.37. The van der Waals surface area contributed by atoms with E-state index in [0.717, 1.165) is 30.5 Å². The van der Waals surface area contributed by atoms with Crippen molar-refractivity contribution in [2.45, 2.75) is 39.3 Å². The molecule has 0 fully saturated rings. The number of rotatable bonds is 2. The summed E-state index contributed by atoms with van der Waals surface area (Å²) in [5.41, 5.74) is 0.770. The highest BCUT2D eigenvalue weighted by molar-refractivity contribution is 6.09. The van der Waals surface area contributed by atoms with E-state index in [4.69, 9.17) is 0 Å².